The molecule has 3 nitrogen and oxygen atoms in total. The van der Waals surface area contributed by atoms with Crippen LogP contribution in [-0.4, -0.2) is 35.6 Å². The van der Waals surface area contributed by atoms with Gasteiger partial charge < -0.3 is 5.32 Å². The molecule has 3 rings (SSSR count). The first kappa shape index (κ1) is 12.6. The van der Waals surface area contributed by atoms with E-state index in [1.807, 2.05) is 12.4 Å². The van der Waals surface area contributed by atoms with Crippen LogP contribution in [0, 0.1) is 0 Å². The van der Waals surface area contributed by atoms with Gasteiger partial charge in [-0.25, -0.2) is 0 Å². The molecule has 3 heteroatoms. The van der Waals surface area contributed by atoms with Crippen molar-refractivity contribution in [2.45, 2.75) is 25.9 Å². The summed E-state index contributed by atoms with van der Waals surface area (Å²) in [6.45, 7) is 6.77. The van der Waals surface area contributed by atoms with Crippen LogP contribution in [-0.2, 0) is 6.54 Å². The zero-order valence-corrected chi connectivity index (χ0v) is 11.5. The SMILES string of the molecule is C[C@@H]1CNCCCN1Cc1ccc2cnccc2c1. The van der Waals surface area contributed by atoms with Gasteiger partial charge in [-0.3, -0.25) is 9.88 Å². The van der Waals surface area contributed by atoms with Gasteiger partial charge in [0.2, 0.25) is 0 Å². The number of pyridine rings is 1. The molecule has 0 amide bonds. The van der Waals surface area contributed by atoms with E-state index in [9.17, 15) is 0 Å². The minimum atomic E-state index is 0.607. The van der Waals surface area contributed by atoms with Crippen LogP contribution in [0.3, 0.4) is 0 Å². The summed E-state index contributed by atoms with van der Waals surface area (Å²) in [4.78, 5) is 6.74. The van der Waals surface area contributed by atoms with E-state index in [1.54, 1.807) is 0 Å². The zero-order valence-electron chi connectivity index (χ0n) is 11.5. The fraction of sp³-hybridized carbons (Fsp3) is 0.438. The minimum absolute atomic E-state index is 0.607. The summed E-state index contributed by atoms with van der Waals surface area (Å²) in [6, 6.07) is 9.40. The largest absolute Gasteiger partial charge is 0.315 e. The Kier molecular flexibility index (Phi) is 3.76. The molecular formula is C16H21N3. The van der Waals surface area contributed by atoms with Gasteiger partial charge in [0.1, 0.15) is 0 Å². The van der Waals surface area contributed by atoms with Crippen LogP contribution in [0.2, 0.25) is 0 Å². The molecular weight excluding hydrogens is 234 g/mol. The molecule has 0 spiro atoms. The lowest BCUT2D eigenvalue weighted by Gasteiger charge is -2.26. The summed E-state index contributed by atoms with van der Waals surface area (Å²) in [5.74, 6) is 0. The van der Waals surface area contributed by atoms with Gasteiger partial charge in [-0.15, -0.1) is 0 Å². The van der Waals surface area contributed by atoms with Crippen molar-refractivity contribution in [1.82, 2.24) is 15.2 Å². The average molecular weight is 255 g/mol. The zero-order chi connectivity index (χ0) is 13.1. The Bertz CT molecular complexity index is 552. The quantitative estimate of drug-likeness (QED) is 0.893. The number of aromatic nitrogens is 1. The van der Waals surface area contributed by atoms with Crippen LogP contribution < -0.4 is 5.32 Å². The summed E-state index contributed by atoms with van der Waals surface area (Å²) in [5, 5.41) is 6.00. The van der Waals surface area contributed by atoms with Crippen molar-refractivity contribution in [2.75, 3.05) is 19.6 Å². The predicted octanol–water partition coefficient (Wildman–Crippen LogP) is 2.42. The number of rotatable bonds is 2. The monoisotopic (exact) mass is 255 g/mol. The van der Waals surface area contributed by atoms with E-state index in [4.69, 9.17) is 0 Å². The molecule has 1 atom stereocenters. The number of hydrogen-bond acceptors (Lipinski definition) is 3. The summed E-state index contributed by atoms with van der Waals surface area (Å²) in [5.41, 5.74) is 1.40. The van der Waals surface area contributed by atoms with E-state index in [1.165, 1.54) is 29.3 Å². The molecule has 1 fully saturated rings. The Morgan fingerprint density at radius 2 is 2.26 bits per heavy atom. The summed E-state index contributed by atoms with van der Waals surface area (Å²) >= 11 is 0. The van der Waals surface area contributed by atoms with E-state index < -0.39 is 0 Å². The molecule has 0 radical (unpaired) electrons. The van der Waals surface area contributed by atoms with Crippen molar-refractivity contribution < 1.29 is 0 Å². The van der Waals surface area contributed by atoms with Crippen molar-refractivity contribution in [1.29, 1.82) is 0 Å². The topological polar surface area (TPSA) is 28.2 Å². The van der Waals surface area contributed by atoms with Gasteiger partial charge in [-0.05, 0) is 43.0 Å². The maximum atomic E-state index is 4.16. The minimum Gasteiger partial charge on any atom is -0.315 e. The first-order valence-corrected chi connectivity index (χ1v) is 7.10. The summed E-state index contributed by atoms with van der Waals surface area (Å²) in [7, 11) is 0. The van der Waals surface area contributed by atoms with E-state index in [0.29, 0.717) is 6.04 Å². The molecule has 19 heavy (non-hydrogen) atoms. The maximum absolute atomic E-state index is 4.16. The van der Waals surface area contributed by atoms with Gasteiger partial charge in [0, 0.05) is 43.5 Å². The lowest BCUT2D eigenvalue weighted by Crippen LogP contribution is -2.36. The fourth-order valence-corrected chi connectivity index (χ4v) is 2.77. The lowest BCUT2D eigenvalue weighted by molar-refractivity contribution is 0.214. The number of benzene rings is 1. The predicted molar refractivity (Wildman–Crippen MR) is 79.1 cm³/mol. The number of hydrogen-bond donors (Lipinski definition) is 1. The van der Waals surface area contributed by atoms with Crippen molar-refractivity contribution in [3.8, 4) is 0 Å². The van der Waals surface area contributed by atoms with Crippen LogP contribution in [0.4, 0.5) is 0 Å². The molecule has 100 valence electrons. The third kappa shape index (κ3) is 2.94. The normalized spacial score (nSPS) is 21.4. The van der Waals surface area contributed by atoms with Crippen molar-refractivity contribution in [3.05, 3.63) is 42.2 Å². The number of nitrogens with one attached hydrogen (secondary N) is 1. The van der Waals surface area contributed by atoms with Gasteiger partial charge in [0.05, 0.1) is 0 Å². The average Bonchev–Trinajstić information content (AvgIpc) is 2.64. The Hall–Kier alpha value is -1.45. The van der Waals surface area contributed by atoms with E-state index in [0.717, 1.165) is 19.6 Å². The molecule has 0 unspecified atom stereocenters. The van der Waals surface area contributed by atoms with Gasteiger partial charge >= 0.3 is 0 Å². The molecule has 1 aromatic carbocycles. The van der Waals surface area contributed by atoms with Crippen LogP contribution in [0.1, 0.15) is 18.9 Å². The number of fused-ring (bicyclic) bond motifs is 1. The first-order valence-electron chi connectivity index (χ1n) is 7.10. The van der Waals surface area contributed by atoms with Gasteiger partial charge in [0.15, 0.2) is 0 Å². The van der Waals surface area contributed by atoms with Gasteiger partial charge in [0.25, 0.3) is 0 Å². The third-order valence-electron chi connectivity index (χ3n) is 3.95. The molecule has 1 saturated heterocycles. The lowest BCUT2D eigenvalue weighted by atomic mass is 10.1. The van der Waals surface area contributed by atoms with E-state index in [2.05, 4.69) is 46.4 Å². The highest BCUT2D eigenvalue weighted by Crippen LogP contribution is 2.17. The molecule has 0 aliphatic carbocycles. The van der Waals surface area contributed by atoms with Crippen LogP contribution in [0.5, 0.6) is 0 Å². The smallest absolute Gasteiger partial charge is 0.0346 e. The van der Waals surface area contributed by atoms with E-state index in [-0.39, 0.29) is 0 Å². The molecule has 2 aromatic rings. The highest BCUT2D eigenvalue weighted by atomic mass is 15.2. The highest BCUT2D eigenvalue weighted by molar-refractivity contribution is 5.81. The third-order valence-corrected chi connectivity index (χ3v) is 3.95. The molecule has 0 saturated carbocycles. The second-order valence-electron chi connectivity index (χ2n) is 5.43. The first-order chi connectivity index (χ1) is 9.33. The van der Waals surface area contributed by atoms with E-state index >= 15 is 0 Å². The summed E-state index contributed by atoms with van der Waals surface area (Å²) < 4.78 is 0. The molecule has 1 aromatic heterocycles. The molecule has 0 bridgehead atoms. The van der Waals surface area contributed by atoms with Crippen LogP contribution >= 0.6 is 0 Å². The molecule has 1 aliphatic rings. The van der Waals surface area contributed by atoms with Crippen molar-refractivity contribution in [3.63, 3.8) is 0 Å². The maximum Gasteiger partial charge on any atom is 0.0346 e. The molecule has 2 heterocycles. The van der Waals surface area contributed by atoms with Crippen LogP contribution in [0.25, 0.3) is 10.8 Å². The second-order valence-corrected chi connectivity index (χ2v) is 5.43. The Morgan fingerprint density at radius 1 is 1.32 bits per heavy atom. The standard InChI is InChI=1S/C16H21N3/c1-13-10-17-6-2-8-19(13)12-14-3-4-16-11-18-7-5-15(16)9-14/h3-5,7,9,11,13,17H,2,6,8,10,12H2,1H3/t13-/m1/s1. The van der Waals surface area contributed by atoms with Crippen LogP contribution in [0.15, 0.2) is 36.7 Å². The summed E-state index contributed by atoms with van der Waals surface area (Å²) in [6.07, 6.45) is 5.03. The van der Waals surface area contributed by atoms with Crippen molar-refractivity contribution in [2.24, 2.45) is 0 Å². The van der Waals surface area contributed by atoms with Crippen molar-refractivity contribution >= 4 is 10.8 Å². The Balaban J connectivity index is 1.80. The molecule has 1 N–H and O–H groups in total. The van der Waals surface area contributed by atoms with Gasteiger partial charge in [-0.2, -0.15) is 0 Å². The number of nitrogens with zero attached hydrogens (tertiary/aromatic N) is 2. The Morgan fingerprint density at radius 3 is 3.21 bits per heavy atom. The Labute approximate surface area is 114 Å². The van der Waals surface area contributed by atoms with Gasteiger partial charge in [-0.1, -0.05) is 12.1 Å². The second kappa shape index (κ2) is 5.68. The fourth-order valence-electron chi connectivity index (χ4n) is 2.77. The molecule has 1 aliphatic heterocycles. The highest BCUT2D eigenvalue weighted by Gasteiger charge is 2.16.